The van der Waals surface area contributed by atoms with Crippen LogP contribution in [0.5, 0.6) is 0 Å². The molecule has 1 aromatic rings. The van der Waals surface area contributed by atoms with E-state index in [1.807, 2.05) is 32.3 Å². The molecular weight excluding hydrogens is 142 g/mol. The van der Waals surface area contributed by atoms with Crippen molar-refractivity contribution in [2.75, 3.05) is 19.0 Å². The van der Waals surface area contributed by atoms with E-state index in [2.05, 4.69) is 23.6 Å². The third-order valence-corrected chi connectivity index (χ3v) is 1.62. The normalized spacial score (nSPS) is 9.50. The van der Waals surface area contributed by atoms with Crippen molar-refractivity contribution in [3.8, 4) is 0 Å². The van der Waals surface area contributed by atoms with Crippen molar-refractivity contribution in [2.45, 2.75) is 4.90 Å². The van der Waals surface area contributed by atoms with E-state index in [1.54, 1.807) is 0 Å². The smallest absolute Gasteiger partial charge is 0.0372 e. The molecule has 0 saturated carbocycles. The SMILES string of the molecule is CN(C)c1cccc(S)c1. The Hall–Kier alpha value is -0.630. The Bertz CT molecular complexity index is 220. The molecule has 0 fully saturated rings. The van der Waals surface area contributed by atoms with Crippen LogP contribution in [0.25, 0.3) is 0 Å². The van der Waals surface area contributed by atoms with Gasteiger partial charge in [-0.2, -0.15) is 0 Å². The van der Waals surface area contributed by atoms with Crippen molar-refractivity contribution in [2.24, 2.45) is 0 Å². The molecule has 1 nitrogen and oxygen atoms in total. The van der Waals surface area contributed by atoms with Crippen LogP contribution in [0.1, 0.15) is 0 Å². The van der Waals surface area contributed by atoms with Crippen LogP contribution in [0, 0.1) is 0 Å². The Labute approximate surface area is 67.1 Å². The molecular formula is C8H11NS. The average Bonchev–Trinajstić information content (AvgIpc) is 1.88. The van der Waals surface area contributed by atoms with Gasteiger partial charge in [0.25, 0.3) is 0 Å². The van der Waals surface area contributed by atoms with E-state index in [-0.39, 0.29) is 0 Å². The molecule has 0 heterocycles. The van der Waals surface area contributed by atoms with E-state index in [4.69, 9.17) is 0 Å². The molecule has 0 aliphatic carbocycles. The Morgan fingerprint density at radius 2 is 2.00 bits per heavy atom. The molecule has 0 amide bonds. The van der Waals surface area contributed by atoms with E-state index in [1.165, 1.54) is 5.69 Å². The largest absolute Gasteiger partial charge is 0.378 e. The molecule has 0 bridgehead atoms. The quantitative estimate of drug-likeness (QED) is 0.604. The molecule has 0 N–H and O–H groups in total. The molecule has 54 valence electrons. The molecule has 1 aromatic carbocycles. The van der Waals surface area contributed by atoms with Crippen molar-refractivity contribution < 1.29 is 0 Å². The van der Waals surface area contributed by atoms with Gasteiger partial charge in [-0.3, -0.25) is 0 Å². The van der Waals surface area contributed by atoms with E-state index in [0.717, 1.165) is 4.90 Å². The van der Waals surface area contributed by atoms with Crippen molar-refractivity contribution in [1.82, 2.24) is 0 Å². The van der Waals surface area contributed by atoms with Crippen LogP contribution < -0.4 is 4.90 Å². The number of nitrogens with zero attached hydrogens (tertiary/aromatic N) is 1. The highest BCUT2D eigenvalue weighted by atomic mass is 32.1. The predicted molar refractivity (Wildman–Crippen MR) is 48.0 cm³/mol. The van der Waals surface area contributed by atoms with Crippen LogP contribution in [-0.4, -0.2) is 14.1 Å². The van der Waals surface area contributed by atoms with Gasteiger partial charge in [0, 0.05) is 24.7 Å². The summed E-state index contributed by atoms with van der Waals surface area (Å²) in [5.74, 6) is 0. The summed E-state index contributed by atoms with van der Waals surface area (Å²) in [4.78, 5) is 3.06. The number of thiol groups is 1. The second-order valence-electron chi connectivity index (χ2n) is 2.41. The second kappa shape index (κ2) is 2.97. The molecule has 10 heavy (non-hydrogen) atoms. The van der Waals surface area contributed by atoms with Gasteiger partial charge in [-0.25, -0.2) is 0 Å². The molecule has 0 spiro atoms. The molecule has 0 aromatic heterocycles. The lowest BCUT2D eigenvalue weighted by atomic mass is 10.3. The summed E-state index contributed by atoms with van der Waals surface area (Å²) in [6.07, 6.45) is 0. The molecule has 0 radical (unpaired) electrons. The summed E-state index contributed by atoms with van der Waals surface area (Å²) in [7, 11) is 4.03. The summed E-state index contributed by atoms with van der Waals surface area (Å²) in [5, 5.41) is 0. The van der Waals surface area contributed by atoms with E-state index in [9.17, 15) is 0 Å². The molecule has 0 unspecified atom stereocenters. The van der Waals surface area contributed by atoms with E-state index < -0.39 is 0 Å². The highest BCUT2D eigenvalue weighted by Gasteiger charge is 1.92. The van der Waals surface area contributed by atoms with E-state index in [0.29, 0.717) is 0 Å². The first-order chi connectivity index (χ1) is 4.70. The second-order valence-corrected chi connectivity index (χ2v) is 2.93. The Morgan fingerprint density at radius 1 is 1.30 bits per heavy atom. The lowest BCUT2D eigenvalue weighted by Crippen LogP contribution is -2.07. The standard InChI is InChI=1S/C8H11NS/c1-9(2)7-4-3-5-8(10)6-7/h3-6,10H,1-2H3. The van der Waals surface area contributed by atoms with Crippen LogP contribution in [0.2, 0.25) is 0 Å². The fourth-order valence-electron chi connectivity index (χ4n) is 0.771. The van der Waals surface area contributed by atoms with E-state index >= 15 is 0 Å². The maximum Gasteiger partial charge on any atom is 0.0372 e. The van der Waals surface area contributed by atoms with Crippen LogP contribution in [0.3, 0.4) is 0 Å². The van der Waals surface area contributed by atoms with Gasteiger partial charge in [0.1, 0.15) is 0 Å². The lowest BCUT2D eigenvalue weighted by Gasteiger charge is -2.11. The zero-order chi connectivity index (χ0) is 7.56. The van der Waals surface area contributed by atoms with Gasteiger partial charge in [-0.05, 0) is 18.2 Å². The molecule has 0 atom stereocenters. The number of benzene rings is 1. The van der Waals surface area contributed by atoms with Crippen LogP contribution in [0.15, 0.2) is 29.2 Å². The monoisotopic (exact) mass is 153 g/mol. The number of anilines is 1. The highest BCUT2D eigenvalue weighted by Crippen LogP contribution is 2.15. The average molecular weight is 153 g/mol. The number of rotatable bonds is 1. The van der Waals surface area contributed by atoms with Crippen molar-refractivity contribution in [1.29, 1.82) is 0 Å². The van der Waals surface area contributed by atoms with Crippen molar-refractivity contribution >= 4 is 18.3 Å². The van der Waals surface area contributed by atoms with Gasteiger partial charge in [0.05, 0.1) is 0 Å². The maximum absolute atomic E-state index is 4.22. The Morgan fingerprint density at radius 3 is 2.40 bits per heavy atom. The minimum atomic E-state index is 1.01. The fourth-order valence-corrected chi connectivity index (χ4v) is 0.990. The minimum absolute atomic E-state index is 1.01. The molecule has 0 aliphatic rings. The number of hydrogen-bond donors (Lipinski definition) is 1. The summed E-state index contributed by atoms with van der Waals surface area (Å²) in [5.41, 5.74) is 1.19. The molecule has 1 rings (SSSR count). The minimum Gasteiger partial charge on any atom is -0.378 e. The van der Waals surface area contributed by atoms with Gasteiger partial charge in [0.15, 0.2) is 0 Å². The van der Waals surface area contributed by atoms with Crippen LogP contribution >= 0.6 is 12.6 Å². The van der Waals surface area contributed by atoms with Gasteiger partial charge in [-0.15, -0.1) is 12.6 Å². The van der Waals surface area contributed by atoms with Gasteiger partial charge < -0.3 is 4.90 Å². The Balaban J connectivity index is 2.96. The van der Waals surface area contributed by atoms with Crippen LogP contribution in [-0.2, 0) is 0 Å². The molecule has 0 saturated heterocycles. The van der Waals surface area contributed by atoms with Gasteiger partial charge >= 0.3 is 0 Å². The van der Waals surface area contributed by atoms with Crippen molar-refractivity contribution in [3.63, 3.8) is 0 Å². The summed E-state index contributed by atoms with van der Waals surface area (Å²) in [6, 6.07) is 8.05. The fraction of sp³-hybridized carbons (Fsp3) is 0.250. The zero-order valence-electron chi connectivity index (χ0n) is 6.20. The third kappa shape index (κ3) is 1.67. The maximum atomic E-state index is 4.22. The first-order valence-corrected chi connectivity index (χ1v) is 3.61. The van der Waals surface area contributed by atoms with Gasteiger partial charge in [-0.1, -0.05) is 6.07 Å². The summed E-state index contributed by atoms with van der Waals surface area (Å²) in [6.45, 7) is 0. The topological polar surface area (TPSA) is 3.24 Å². The summed E-state index contributed by atoms with van der Waals surface area (Å²) < 4.78 is 0. The Kier molecular flexibility index (Phi) is 2.22. The van der Waals surface area contributed by atoms with Gasteiger partial charge in [0.2, 0.25) is 0 Å². The van der Waals surface area contributed by atoms with Crippen LogP contribution in [0.4, 0.5) is 5.69 Å². The predicted octanol–water partition coefficient (Wildman–Crippen LogP) is 2.04. The summed E-state index contributed by atoms with van der Waals surface area (Å²) >= 11 is 4.22. The number of hydrogen-bond acceptors (Lipinski definition) is 2. The molecule has 2 heteroatoms. The molecule has 0 aliphatic heterocycles. The third-order valence-electron chi connectivity index (χ3n) is 1.35. The zero-order valence-corrected chi connectivity index (χ0v) is 7.10. The first-order valence-electron chi connectivity index (χ1n) is 3.16. The first kappa shape index (κ1) is 7.48. The lowest BCUT2D eigenvalue weighted by molar-refractivity contribution is 1.12. The van der Waals surface area contributed by atoms with Crippen molar-refractivity contribution in [3.05, 3.63) is 24.3 Å². The highest BCUT2D eigenvalue weighted by molar-refractivity contribution is 7.80.